The van der Waals surface area contributed by atoms with Crippen LogP contribution in [0.4, 0.5) is 35.1 Å². The summed E-state index contributed by atoms with van der Waals surface area (Å²) >= 11 is 0. The monoisotopic (exact) mass is 496 g/mol. The lowest BCUT2D eigenvalue weighted by atomic mass is 10.2. The SMILES string of the molecule is C=C(C(=O)OC(OCCC(F)(F)S(=O)(=O)O)(C(=O)OCC(C)C)C(F)(F)F)C(F)(F)F. The average molecular weight is 496 g/mol. The Morgan fingerprint density at radius 1 is 1.03 bits per heavy atom. The summed E-state index contributed by atoms with van der Waals surface area (Å²) in [6.45, 7) is 1.99. The standard InChI is InChI=1S/C14H16F8O8S/c1-7(2)6-28-10(24)12(14(20,21)22,30-9(23)8(3)13(17,18)19)29-5-4-11(15,16)31(25,26)27/h7H,3-6H2,1-2H3,(H,25,26,27). The van der Waals surface area contributed by atoms with Gasteiger partial charge in [0.2, 0.25) is 0 Å². The molecule has 0 radical (unpaired) electrons. The highest BCUT2D eigenvalue weighted by Gasteiger charge is 2.68. The van der Waals surface area contributed by atoms with Crippen molar-refractivity contribution in [2.75, 3.05) is 13.2 Å². The highest BCUT2D eigenvalue weighted by atomic mass is 32.2. The molecule has 0 aliphatic carbocycles. The lowest BCUT2D eigenvalue weighted by Crippen LogP contribution is -2.59. The van der Waals surface area contributed by atoms with Gasteiger partial charge in [-0.2, -0.15) is 43.5 Å². The Labute approximate surface area is 169 Å². The normalized spacial score (nSPS) is 15.4. The van der Waals surface area contributed by atoms with E-state index in [1.807, 2.05) is 0 Å². The number of alkyl halides is 8. The molecule has 0 heterocycles. The first-order valence-corrected chi connectivity index (χ1v) is 9.24. The molecule has 0 aliphatic rings. The van der Waals surface area contributed by atoms with Crippen LogP contribution in [0.15, 0.2) is 12.2 Å². The quantitative estimate of drug-likeness (QED) is 0.161. The van der Waals surface area contributed by atoms with Crippen molar-refractivity contribution in [3.63, 3.8) is 0 Å². The summed E-state index contributed by atoms with van der Waals surface area (Å²) in [4.78, 5) is 23.5. The molecular formula is C14H16F8O8S. The van der Waals surface area contributed by atoms with E-state index in [1.165, 1.54) is 13.8 Å². The van der Waals surface area contributed by atoms with Gasteiger partial charge in [-0.1, -0.05) is 20.4 Å². The molecule has 1 atom stereocenters. The molecule has 0 bridgehead atoms. The van der Waals surface area contributed by atoms with Crippen molar-refractivity contribution >= 4 is 22.1 Å². The largest absolute Gasteiger partial charge is 0.468 e. The van der Waals surface area contributed by atoms with Crippen molar-refractivity contribution in [2.24, 2.45) is 5.92 Å². The molecule has 31 heavy (non-hydrogen) atoms. The van der Waals surface area contributed by atoms with Crippen LogP contribution in [-0.4, -0.2) is 61.5 Å². The summed E-state index contributed by atoms with van der Waals surface area (Å²) in [6.07, 6.45) is -14.0. The highest BCUT2D eigenvalue weighted by Crippen LogP contribution is 2.39. The van der Waals surface area contributed by atoms with Crippen LogP contribution in [0.25, 0.3) is 0 Å². The smallest absolute Gasteiger partial charge is 0.460 e. The molecule has 0 spiro atoms. The third-order valence-electron chi connectivity index (χ3n) is 3.09. The first kappa shape index (κ1) is 29.0. The van der Waals surface area contributed by atoms with Crippen molar-refractivity contribution in [1.82, 2.24) is 0 Å². The van der Waals surface area contributed by atoms with Crippen LogP contribution in [0, 0.1) is 5.92 Å². The van der Waals surface area contributed by atoms with Gasteiger partial charge in [0, 0.05) is 0 Å². The summed E-state index contributed by atoms with van der Waals surface area (Å²) in [5, 5.41) is -5.08. The van der Waals surface area contributed by atoms with E-state index in [1.54, 1.807) is 0 Å². The fourth-order valence-corrected chi connectivity index (χ4v) is 1.81. The third kappa shape index (κ3) is 7.57. The van der Waals surface area contributed by atoms with E-state index < -0.39 is 76.6 Å². The van der Waals surface area contributed by atoms with Crippen LogP contribution in [-0.2, 0) is 33.9 Å². The summed E-state index contributed by atoms with van der Waals surface area (Å²) in [7, 11) is -6.13. The van der Waals surface area contributed by atoms with Gasteiger partial charge in [0.15, 0.2) is 0 Å². The molecule has 1 N–H and O–H groups in total. The molecule has 0 aliphatic heterocycles. The van der Waals surface area contributed by atoms with Crippen LogP contribution in [0.2, 0.25) is 0 Å². The molecular weight excluding hydrogens is 480 g/mol. The molecule has 0 aromatic carbocycles. The Morgan fingerprint density at radius 2 is 1.52 bits per heavy atom. The van der Waals surface area contributed by atoms with Gasteiger partial charge in [0.05, 0.1) is 19.6 Å². The average Bonchev–Trinajstić information content (AvgIpc) is 2.54. The first-order chi connectivity index (χ1) is 13.6. The fourth-order valence-electron chi connectivity index (χ4n) is 1.47. The van der Waals surface area contributed by atoms with Gasteiger partial charge in [0.1, 0.15) is 5.57 Å². The fraction of sp³-hybridized carbons (Fsp3) is 0.714. The first-order valence-electron chi connectivity index (χ1n) is 7.80. The maximum Gasteiger partial charge on any atom is 0.468 e. The predicted octanol–water partition coefficient (Wildman–Crippen LogP) is 2.99. The van der Waals surface area contributed by atoms with Crippen molar-refractivity contribution in [2.45, 2.75) is 43.7 Å². The summed E-state index contributed by atoms with van der Waals surface area (Å²) in [5.74, 6) is -11.1. The Kier molecular flexibility index (Phi) is 9.02. The van der Waals surface area contributed by atoms with Crippen LogP contribution < -0.4 is 0 Å². The topological polar surface area (TPSA) is 116 Å². The van der Waals surface area contributed by atoms with Crippen LogP contribution in [0.3, 0.4) is 0 Å². The number of carbonyl (C=O) groups is 2. The van der Waals surface area contributed by atoms with Gasteiger partial charge in [0.25, 0.3) is 0 Å². The number of esters is 2. The third-order valence-corrected chi connectivity index (χ3v) is 4.05. The second-order valence-electron chi connectivity index (χ2n) is 6.18. The number of rotatable bonds is 10. The van der Waals surface area contributed by atoms with Gasteiger partial charge < -0.3 is 14.2 Å². The molecule has 8 nitrogen and oxygen atoms in total. The van der Waals surface area contributed by atoms with E-state index in [0.717, 1.165) is 0 Å². The Bertz CT molecular complexity index is 787. The number of hydrogen-bond acceptors (Lipinski definition) is 7. The van der Waals surface area contributed by atoms with E-state index in [0.29, 0.717) is 0 Å². The molecule has 0 aromatic heterocycles. The summed E-state index contributed by atoms with van der Waals surface area (Å²) < 4.78 is 146. The summed E-state index contributed by atoms with van der Waals surface area (Å²) in [6, 6.07) is 0. The molecule has 0 fully saturated rings. The predicted molar refractivity (Wildman–Crippen MR) is 82.9 cm³/mol. The number of halogens is 8. The lowest BCUT2D eigenvalue weighted by Gasteiger charge is -2.33. The zero-order chi connectivity index (χ0) is 25.1. The van der Waals surface area contributed by atoms with Crippen LogP contribution in [0.1, 0.15) is 20.3 Å². The minimum absolute atomic E-state index is 0.639. The number of ether oxygens (including phenoxy) is 3. The Morgan fingerprint density at radius 3 is 1.87 bits per heavy atom. The molecule has 0 saturated heterocycles. The molecule has 17 heteroatoms. The second kappa shape index (κ2) is 9.64. The van der Waals surface area contributed by atoms with Crippen molar-refractivity contribution in [3.8, 4) is 0 Å². The van der Waals surface area contributed by atoms with Crippen molar-refractivity contribution < 1.29 is 71.9 Å². The molecule has 1 unspecified atom stereocenters. The second-order valence-corrected chi connectivity index (χ2v) is 7.73. The van der Waals surface area contributed by atoms with Gasteiger partial charge >= 0.3 is 45.5 Å². The van der Waals surface area contributed by atoms with E-state index in [9.17, 15) is 53.1 Å². The minimum Gasteiger partial charge on any atom is -0.460 e. The number of hydrogen-bond donors (Lipinski definition) is 1. The molecule has 0 saturated carbocycles. The maximum atomic E-state index is 13.6. The van der Waals surface area contributed by atoms with E-state index in [2.05, 4.69) is 20.8 Å². The Balaban J connectivity index is 6.12. The molecule has 0 rings (SSSR count). The molecule has 182 valence electrons. The van der Waals surface area contributed by atoms with Crippen LogP contribution >= 0.6 is 0 Å². The van der Waals surface area contributed by atoms with Crippen LogP contribution in [0.5, 0.6) is 0 Å². The van der Waals surface area contributed by atoms with Gasteiger partial charge in [-0.15, -0.1) is 0 Å². The molecule has 0 aromatic rings. The van der Waals surface area contributed by atoms with E-state index in [-0.39, 0.29) is 0 Å². The Hall–Kier alpha value is -2.01. The summed E-state index contributed by atoms with van der Waals surface area (Å²) in [5.41, 5.74) is -2.51. The minimum atomic E-state index is -6.18. The highest BCUT2D eigenvalue weighted by molar-refractivity contribution is 7.86. The molecule has 0 amide bonds. The van der Waals surface area contributed by atoms with E-state index >= 15 is 0 Å². The van der Waals surface area contributed by atoms with Crippen molar-refractivity contribution in [1.29, 1.82) is 0 Å². The van der Waals surface area contributed by atoms with Gasteiger partial charge in [-0.05, 0) is 5.92 Å². The lowest BCUT2D eigenvalue weighted by molar-refractivity contribution is -0.356. The van der Waals surface area contributed by atoms with Gasteiger partial charge in [-0.25, -0.2) is 9.59 Å². The van der Waals surface area contributed by atoms with E-state index in [4.69, 9.17) is 4.55 Å². The maximum absolute atomic E-state index is 13.6. The number of carbonyl (C=O) groups excluding carboxylic acids is 2. The zero-order valence-corrected chi connectivity index (χ0v) is 16.5. The van der Waals surface area contributed by atoms with Crippen molar-refractivity contribution in [3.05, 3.63) is 12.2 Å². The van der Waals surface area contributed by atoms with Gasteiger partial charge in [-0.3, -0.25) is 4.55 Å². The zero-order valence-electron chi connectivity index (χ0n) is 15.6.